The summed E-state index contributed by atoms with van der Waals surface area (Å²) < 4.78 is 0. The van der Waals surface area contributed by atoms with Crippen LogP contribution in [0.1, 0.15) is 5.56 Å². The highest BCUT2D eigenvalue weighted by Crippen LogP contribution is 2.14. The van der Waals surface area contributed by atoms with Crippen LogP contribution in [0.2, 0.25) is 5.02 Å². The van der Waals surface area contributed by atoms with Crippen molar-refractivity contribution in [3.8, 4) is 0 Å². The molecular formula is C10H7ClN2S. The van der Waals surface area contributed by atoms with Crippen LogP contribution in [0.15, 0.2) is 40.8 Å². The van der Waals surface area contributed by atoms with Crippen molar-refractivity contribution in [1.82, 2.24) is 4.98 Å². The third kappa shape index (κ3) is 2.40. The minimum Gasteiger partial charge on any atom is -0.227 e. The molecule has 0 aliphatic carbocycles. The molecule has 2 rings (SSSR count). The number of nitrogens with zero attached hydrogens (tertiary/aromatic N) is 2. The molecule has 2 nitrogen and oxygen atoms in total. The first kappa shape index (κ1) is 9.37. The quantitative estimate of drug-likeness (QED) is 0.714. The summed E-state index contributed by atoms with van der Waals surface area (Å²) in [6.45, 7) is 0. The SMILES string of the molecule is Clc1ccc(/C=N\c2nccs2)cc1. The van der Waals surface area contributed by atoms with Gasteiger partial charge in [0.05, 0.1) is 0 Å². The van der Waals surface area contributed by atoms with Gasteiger partial charge in [0, 0.05) is 22.8 Å². The summed E-state index contributed by atoms with van der Waals surface area (Å²) in [5.74, 6) is 0. The van der Waals surface area contributed by atoms with Gasteiger partial charge in [0.1, 0.15) is 0 Å². The number of hydrogen-bond acceptors (Lipinski definition) is 3. The normalized spacial score (nSPS) is 10.9. The molecule has 4 heteroatoms. The molecule has 0 saturated carbocycles. The molecule has 1 heterocycles. The molecular weight excluding hydrogens is 216 g/mol. The fraction of sp³-hybridized carbons (Fsp3) is 0. The maximum atomic E-state index is 5.76. The van der Waals surface area contributed by atoms with Crippen molar-refractivity contribution in [2.45, 2.75) is 0 Å². The lowest BCUT2D eigenvalue weighted by atomic mass is 10.2. The number of aromatic nitrogens is 1. The van der Waals surface area contributed by atoms with Gasteiger partial charge >= 0.3 is 0 Å². The molecule has 0 bridgehead atoms. The highest BCUT2D eigenvalue weighted by atomic mass is 35.5. The Kier molecular flexibility index (Phi) is 2.91. The maximum Gasteiger partial charge on any atom is 0.208 e. The van der Waals surface area contributed by atoms with Gasteiger partial charge in [-0.05, 0) is 17.7 Å². The van der Waals surface area contributed by atoms with Crippen LogP contribution in [-0.4, -0.2) is 11.2 Å². The Bertz CT molecular complexity index is 420. The Morgan fingerprint density at radius 1 is 1.29 bits per heavy atom. The van der Waals surface area contributed by atoms with E-state index in [0.717, 1.165) is 15.7 Å². The lowest BCUT2D eigenvalue weighted by Gasteiger charge is -1.91. The summed E-state index contributed by atoms with van der Waals surface area (Å²) in [6, 6.07) is 7.51. The second-order valence-electron chi connectivity index (χ2n) is 2.62. The second-order valence-corrected chi connectivity index (χ2v) is 3.93. The number of halogens is 1. The van der Waals surface area contributed by atoms with E-state index in [9.17, 15) is 0 Å². The van der Waals surface area contributed by atoms with E-state index in [1.54, 1.807) is 12.4 Å². The molecule has 0 saturated heterocycles. The van der Waals surface area contributed by atoms with Gasteiger partial charge < -0.3 is 0 Å². The molecule has 0 unspecified atom stereocenters. The summed E-state index contributed by atoms with van der Waals surface area (Å²) in [5, 5.41) is 3.39. The zero-order valence-corrected chi connectivity index (χ0v) is 8.79. The summed E-state index contributed by atoms with van der Waals surface area (Å²) in [6.07, 6.45) is 3.51. The Balaban J connectivity index is 2.15. The van der Waals surface area contributed by atoms with Gasteiger partial charge in [-0.3, -0.25) is 0 Å². The first-order chi connectivity index (χ1) is 6.84. The van der Waals surface area contributed by atoms with Crippen LogP contribution in [0.4, 0.5) is 5.13 Å². The van der Waals surface area contributed by atoms with Gasteiger partial charge in [0.15, 0.2) is 0 Å². The van der Waals surface area contributed by atoms with Crippen LogP contribution in [0.25, 0.3) is 0 Å². The van der Waals surface area contributed by atoms with Gasteiger partial charge in [0.2, 0.25) is 5.13 Å². The lowest BCUT2D eigenvalue weighted by Crippen LogP contribution is -1.78. The monoisotopic (exact) mass is 222 g/mol. The third-order valence-corrected chi connectivity index (χ3v) is 2.54. The number of hydrogen-bond donors (Lipinski definition) is 0. The summed E-state index contributed by atoms with van der Waals surface area (Å²) in [5.41, 5.74) is 1.02. The van der Waals surface area contributed by atoms with Crippen molar-refractivity contribution in [1.29, 1.82) is 0 Å². The lowest BCUT2D eigenvalue weighted by molar-refractivity contribution is 1.36. The zero-order valence-electron chi connectivity index (χ0n) is 7.22. The van der Waals surface area contributed by atoms with Crippen molar-refractivity contribution in [3.63, 3.8) is 0 Å². The Hall–Kier alpha value is -1.19. The Labute approximate surface area is 90.9 Å². The van der Waals surface area contributed by atoms with E-state index in [2.05, 4.69) is 9.98 Å². The van der Waals surface area contributed by atoms with Crippen LogP contribution in [0.5, 0.6) is 0 Å². The number of thiazole rings is 1. The second kappa shape index (κ2) is 4.35. The van der Waals surface area contributed by atoms with Crippen molar-refractivity contribution < 1.29 is 0 Å². The molecule has 1 aromatic carbocycles. The van der Waals surface area contributed by atoms with Crippen molar-refractivity contribution in [2.24, 2.45) is 4.99 Å². The summed E-state index contributed by atoms with van der Waals surface area (Å²) in [4.78, 5) is 8.25. The smallest absolute Gasteiger partial charge is 0.208 e. The van der Waals surface area contributed by atoms with Crippen molar-refractivity contribution in [2.75, 3.05) is 0 Å². The average molecular weight is 223 g/mol. The Morgan fingerprint density at radius 3 is 2.71 bits per heavy atom. The molecule has 0 atom stereocenters. The highest BCUT2D eigenvalue weighted by molar-refractivity contribution is 7.13. The predicted molar refractivity (Wildman–Crippen MR) is 60.8 cm³/mol. The topological polar surface area (TPSA) is 25.2 Å². The largest absolute Gasteiger partial charge is 0.227 e. The molecule has 14 heavy (non-hydrogen) atoms. The Morgan fingerprint density at radius 2 is 2.07 bits per heavy atom. The molecule has 0 spiro atoms. The average Bonchev–Trinajstić information content (AvgIpc) is 2.70. The molecule has 70 valence electrons. The van der Waals surface area contributed by atoms with Gasteiger partial charge in [-0.25, -0.2) is 9.98 Å². The number of benzene rings is 1. The maximum absolute atomic E-state index is 5.76. The fourth-order valence-corrected chi connectivity index (χ4v) is 1.56. The summed E-state index contributed by atoms with van der Waals surface area (Å²) >= 11 is 7.27. The molecule has 0 radical (unpaired) electrons. The standard InChI is InChI=1S/C10H7ClN2S/c11-9-3-1-8(2-4-9)7-13-10-12-5-6-14-10/h1-7H/b13-7-. The van der Waals surface area contributed by atoms with Crippen LogP contribution < -0.4 is 0 Å². The highest BCUT2D eigenvalue weighted by Gasteiger charge is 1.90. The van der Waals surface area contributed by atoms with Gasteiger partial charge in [-0.15, -0.1) is 11.3 Å². The van der Waals surface area contributed by atoms with Crippen LogP contribution in [0.3, 0.4) is 0 Å². The van der Waals surface area contributed by atoms with Crippen LogP contribution >= 0.6 is 22.9 Å². The van der Waals surface area contributed by atoms with Gasteiger partial charge in [0.25, 0.3) is 0 Å². The molecule has 2 aromatic rings. The van der Waals surface area contributed by atoms with E-state index in [1.165, 1.54) is 11.3 Å². The first-order valence-corrected chi connectivity index (χ1v) is 5.29. The minimum atomic E-state index is 0.733. The molecule has 0 aliphatic rings. The van der Waals surface area contributed by atoms with Gasteiger partial charge in [-0.2, -0.15) is 0 Å². The van der Waals surface area contributed by atoms with E-state index < -0.39 is 0 Å². The third-order valence-electron chi connectivity index (χ3n) is 1.61. The van der Waals surface area contributed by atoms with E-state index in [0.29, 0.717) is 0 Å². The predicted octanol–water partition coefficient (Wildman–Crippen LogP) is 3.55. The van der Waals surface area contributed by atoms with E-state index in [4.69, 9.17) is 11.6 Å². The summed E-state index contributed by atoms with van der Waals surface area (Å²) in [7, 11) is 0. The first-order valence-electron chi connectivity index (χ1n) is 4.04. The molecule has 0 N–H and O–H groups in total. The molecule has 0 fully saturated rings. The van der Waals surface area contributed by atoms with E-state index in [-0.39, 0.29) is 0 Å². The van der Waals surface area contributed by atoms with E-state index in [1.807, 2.05) is 29.6 Å². The van der Waals surface area contributed by atoms with Crippen LogP contribution in [-0.2, 0) is 0 Å². The van der Waals surface area contributed by atoms with Gasteiger partial charge in [-0.1, -0.05) is 23.7 Å². The van der Waals surface area contributed by atoms with E-state index >= 15 is 0 Å². The molecule has 1 aromatic heterocycles. The molecule has 0 amide bonds. The number of aliphatic imine (C=N–C) groups is 1. The number of rotatable bonds is 2. The van der Waals surface area contributed by atoms with Crippen molar-refractivity contribution >= 4 is 34.3 Å². The fourth-order valence-electron chi connectivity index (χ4n) is 0.958. The van der Waals surface area contributed by atoms with Crippen molar-refractivity contribution in [3.05, 3.63) is 46.4 Å². The molecule has 0 aliphatic heterocycles. The zero-order chi connectivity index (χ0) is 9.80. The van der Waals surface area contributed by atoms with Crippen LogP contribution in [0, 0.1) is 0 Å². The minimum absolute atomic E-state index is 0.733.